The van der Waals surface area contributed by atoms with Gasteiger partial charge in [-0.25, -0.2) is 9.37 Å². The molecule has 3 rings (SSSR count). The van der Waals surface area contributed by atoms with Crippen LogP contribution in [0.15, 0.2) is 6.20 Å². The number of fused-ring (bicyclic) bond motifs is 1. The summed E-state index contributed by atoms with van der Waals surface area (Å²) in [5.41, 5.74) is 5.38. The molecule has 2 heterocycles. The van der Waals surface area contributed by atoms with Crippen molar-refractivity contribution in [1.29, 1.82) is 0 Å². The number of hydrogen-bond donors (Lipinski definition) is 1. The Morgan fingerprint density at radius 2 is 2.14 bits per heavy atom. The van der Waals surface area contributed by atoms with Crippen molar-refractivity contribution in [2.24, 2.45) is 11.8 Å². The van der Waals surface area contributed by atoms with E-state index in [-0.39, 0.29) is 5.82 Å². The van der Waals surface area contributed by atoms with E-state index in [1.165, 1.54) is 6.42 Å². The molecule has 5 heteroatoms. The average Bonchev–Trinajstić information content (AvgIpc) is 2.78. The van der Waals surface area contributed by atoms with E-state index in [1.807, 2.05) is 0 Å². The fourth-order valence-corrected chi connectivity index (χ4v) is 2.08. The van der Waals surface area contributed by atoms with E-state index in [2.05, 4.69) is 14.9 Å². The van der Waals surface area contributed by atoms with Gasteiger partial charge in [-0.2, -0.15) is 4.98 Å². The van der Waals surface area contributed by atoms with Crippen LogP contribution in [-0.4, -0.2) is 23.1 Å². The molecule has 1 aromatic heterocycles. The monoisotopic (exact) mass is 194 g/mol. The number of piperidine rings is 1. The largest absolute Gasteiger partial charge is 0.381 e. The van der Waals surface area contributed by atoms with E-state index >= 15 is 0 Å². The summed E-state index contributed by atoms with van der Waals surface area (Å²) in [4.78, 5) is 9.94. The van der Waals surface area contributed by atoms with Gasteiger partial charge in [0, 0.05) is 13.1 Å². The molecule has 0 aromatic carbocycles. The quantitative estimate of drug-likeness (QED) is 0.713. The third-order valence-electron chi connectivity index (χ3n) is 3.02. The van der Waals surface area contributed by atoms with Crippen LogP contribution >= 0.6 is 0 Å². The third kappa shape index (κ3) is 1.12. The molecule has 1 saturated carbocycles. The lowest BCUT2D eigenvalue weighted by molar-refractivity contribution is 0.617. The van der Waals surface area contributed by atoms with E-state index in [4.69, 9.17) is 5.73 Å². The first-order valence-corrected chi connectivity index (χ1v) is 4.77. The minimum atomic E-state index is -0.543. The van der Waals surface area contributed by atoms with Gasteiger partial charge in [0.1, 0.15) is 0 Å². The number of halogens is 1. The number of nitrogen functional groups attached to an aromatic ring is 1. The van der Waals surface area contributed by atoms with Crippen LogP contribution in [0.25, 0.3) is 0 Å². The van der Waals surface area contributed by atoms with Crippen molar-refractivity contribution in [3.05, 3.63) is 12.0 Å². The summed E-state index contributed by atoms with van der Waals surface area (Å²) >= 11 is 0. The van der Waals surface area contributed by atoms with Crippen molar-refractivity contribution >= 4 is 11.8 Å². The summed E-state index contributed by atoms with van der Waals surface area (Å²) in [5, 5.41) is 0. The number of aromatic nitrogens is 2. The van der Waals surface area contributed by atoms with Gasteiger partial charge < -0.3 is 10.6 Å². The molecular weight excluding hydrogens is 183 g/mol. The highest BCUT2D eigenvalue weighted by molar-refractivity contribution is 5.41. The van der Waals surface area contributed by atoms with E-state index < -0.39 is 5.82 Å². The zero-order valence-corrected chi connectivity index (χ0v) is 7.65. The molecule has 0 amide bonds. The van der Waals surface area contributed by atoms with Crippen molar-refractivity contribution < 1.29 is 4.39 Å². The van der Waals surface area contributed by atoms with Crippen molar-refractivity contribution in [2.45, 2.75) is 6.42 Å². The normalized spacial score (nSPS) is 29.1. The van der Waals surface area contributed by atoms with Gasteiger partial charge in [-0.15, -0.1) is 0 Å². The average molecular weight is 194 g/mol. The summed E-state index contributed by atoms with van der Waals surface area (Å²) in [5.74, 6) is 1.58. The molecule has 1 saturated heterocycles. The molecule has 1 aromatic rings. The summed E-state index contributed by atoms with van der Waals surface area (Å²) in [6, 6.07) is 0. The Bertz CT molecular complexity index is 371. The van der Waals surface area contributed by atoms with Crippen LogP contribution in [0.3, 0.4) is 0 Å². The maximum Gasteiger partial charge on any atom is 0.227 e. The minimum absolute atomic E-state index is 0.0597. The van der Waals surface area contributed by atoms with Crippen molar-refractivity contribution in [3.8, 4) is 0 Å². The van der Waals surface area contributed by atoms with Gasteiger partial charge in [0.05, 0.1) is 6.20 Å². The maximum absolute atomic E-state index is 12.8. The van der Waals surface area contributed by atoms with Crippen LogP contribution in [-0.2, 0) is 0 Å². The van der Waals surface area contributed by atoms with Gasteiger partial charge in [-0.05, 0) is 18.3 Å². The smallest absolute Gasteiger partial charge is 0.227 e. The minimum Gasteiger partial charge on any atom is -0.381 e. The molecule has 74 valence electrons. The van der Waals surface area contributed by atoms with E-state index in [1.54, 1.807) is 0 Å². The van der Waals surface area contributed by atoms with Crippen LogP contribution in [0.5, 0.6) is 0 Å². The van der Waals surface area contributed by atoms with Crippen LogP contribution in [0.1, 0.15) is 6.42 Å². The topological polar surface area (TPSA) is 55.0 Å². The van der Waals surface area contributed by atoms with Crippen molar-refractivity contribution in [1.82, 2.24) is 9.97 Å². The lowest BCUT2D eigenvalue weighted by Gasteiger charge is -2.17. The lowest BCUT2D eigenvalue weighted by atomic mass is 10.4. The Hall–Kier alpha value is -1.39. The second-order valence-corrected chi connectivity index (χ2v) is 4.06. The number of nitrogens with two attached hydrogens (primary N) is 1. The van der Waals surface area contributed by atoms with Gasteiger partial charge in [0.25, 0.3) is 0 Å². The standard InChI is InChI=1S/C9H11FN4/c10-7-2-12-9(13-8(7)11)14-3-5-1-6(5)4-14/h2,5-6H,1,3-4H2,(H2,11,12,13). The Labute approximate surface area is 80.9 Å². The first-order chi connectivity index (χ1) is 6.74. The van der Waals surface area contributed by atoms with Crippen molar-refractivity contribution in [3.63, 3.8) is 0 Å². The lowest BCUT2D eigenvalue weighted by Crippen LogP contribution is -2.24. The fraction of sp³-hybridized carbons (Fsp3) is 0.556. The number of hydrogen-bond acceptors (Lipinski definition) is 4. The van der Waals surface area contributed by atoms with Gasteiger partial charge >= 0.3 is 0 Å². The first-order valence-electron chi connectivity index (χ1n) is 4.77. The molecule has 0 radical (unpaired) electrons. The molecule has 0 spiro atoms. The highest BCUT2D eigenvalue weighted by Crippen LogP contribution is 2.45. The third-order valence-corrected chi connectivity index (χ3v) is 3.02. The molecule has 2 aliphatic rings. The van der Waals surface area contributed by atoms with E-state index in [0.29, 0.717) is 5.95 Å². The van der Waals surface area contributed by atoms with Crippen LogP contribution in [0, 0.1) is 17.7 Å². The van der Waals surface area contributed by atoms with Crippen molar-refractivity contribution in [2.75, 3.05) is 23.7 Å². The maximum atomic E-state index is 12.8. The first kappa shape index (κ1) is 7.96. The molecular formula is C9H11FN4. The predicted molar refractivity (Wildman–Crippen MR) is 50.2 cm³/mol. The highest BCUT2D eigenvalue weighted by atomic mass is 19.1. The second kappa shape index (κ2) is 2.56. The second-order valence-electron chi connectivity index (χ2n) is 4.06. The van der Waals surface area contributed by atoms with E-state index in [9.17, 15) is 4.39 Å². The Morgan fingerprint density at radius 1 is 1.43 bits per heavy atom. The molecule has 4 nitrogen and oxygen atoms in total. The Balaban J connectivity index is 1.86. The number of anilines is 2. The molecule has 14 heavy (non-hydrogen) atoms. The van der Waals surface area contributed by atoms with Crippen LogP contribution < -0.4 is 10.6 Å². The fourth-order valence-electron chi connectivity index (χ4n) is 2.08. The number of nitrogens with zero attached hydrogens (tertiary/aromatic N) is 3. The molecule has 2 fully saturated rings. The molecule has 1 aliphatic heterocycles. The molecule has 2 unspecified atom stereocenters. The molecule has 2 N–H and O–H groups in total. The summed E-state index contributed by atoms with van der Waals surface area (Å²) in [7, 11) is 0. The van der Waals surface area contributed by atoms with Gasteiger partial charge in [0.2, 0.25) is 5.95 Å². The van der Waals surface area contributed by atoms with Gasteiger partial charge in [0.15, 0.2) is 11.6 Å². The molecule has 0 bridgehead atoms. The molecule has 1 aliphatic carbocycles. The number of rotatable bonds is 1. The van der Waals surface area contributed by atoms with Gasteiger partial charge in [-0.3, -0.25) is 0 Å². The zero-order valence-electron chi connectivity index (χ0n) is 7.65. The Morgan fingerprint density at radius 3 is 2.79 bits per heavy atom. The Kier molecular flexibility index (Phi) is 1.45. The van der Waals surface area contributed by atoms with Crippen LogP contribution in [0.2, 0.25) is 0 Å². The zero-order chi connectivity index (χ0) is 9.71. The van der Waals surface area contributed by atoms with E-state index in [0.717, 1.165) is 31.1 Å². The van der Waals surface area contributed by atoms with Gasteiger partial charge in [-0.1, -0.05) is 0 Å². The van der Waals surface area contributed by atoms with Crippen LogP contribution in [0.4, 0.5) is 16.2 Å². The molecule has 2 atom stereocenters. The summed E-state index contributed by atoms with van der Waals surface area (Å²) in [6.45, 7) is 1.99. The SMILES string of the molecule is Nc1nc(N2CC3CC3C2)ncc1F. The summed E-state index contributed by atoms with van der Waals surface area (Å²) < 4.78 is 12.8. The summed E-state index contributed by atoms with van der Waals surface area (Å²) in [6.07, 6.45) is 2.47. The highest BCUT2D eigenvalue weighted by Gasteiger charge is 2.45. The predicted octanol–water partition coefficient (Wildman–Crippen LogP) is 0.654.